The SMILES string of the molecule is O=C(CC1CC2CCC(C1)N2)Nc1cnccc1Oc1ccccc1. The number of nitrogens with one attached hydrogen (secondary N) is 2. The summed E-state index contributed by atoms with van der Waals surface area (Å²) in [4.78, 5) is 16.6. The van der Waals surface area contributed by atoms with Gasteiger partial charge in [0, 0.05) is 30.8 Å². The smallest absolute Gasteiger partial charge is 0.224 e. The zero-order chi connectivity index (χ0) is 17.1. The lowest BCUT2D eigenvalue weighted by Gasteiger charge is -2.28. The number of nitrogens with zero attached hydrogens (tertiary/aromatic N) is 1. The molecular weight excluding hydrogens is 314 g/mol. The van der Waals surface area contributed by atoms with Crippen LogP contribution in [0.1, 0.15) is 32.1 Å². The van der Waals surface area contributed by atoms with E-state index in [0.29, 0.717) is 35.9 Å². The number of rotatable bonds is 5. The Labute approximate surface area is 147 Å². The average molecular weight is 337 g/mol. The fourth-order valence-corrected chi connectivity index (χ4v) is 3.99. The Morgan fingerprint density at radius 1 is 1.16 bits per heavy atom. The monoisotopic (exact) mass is 337 g/mol. The van der Waals surface area contributed by atoms with Crippen LogP contribution in [-0.2, 0) is 4.79 Å². The molecule has 5 nitrogen and oxygen atoms in total. The number of carbonyl (C=O) groups is 1. The van der Waals surface area contributed by atoms with Crippen molar-refractivity contribution in [2.75, 3.05) is 5.32 Å². The predicted octanol–water partition coefficient (Wildman–Crippen LogP) is 3.73. The minimum absolute atomic E-state index is 0.0391. The van der Waals surface area contributed by atoms with Crippen molar-refractivity contribution in [3.63, 3.8) is 0 Å². The van der Waals surface area contributed by atoms with Gasteiger partial charge >= 0.3 is 0 Å². The van der Waals surface area contributed by atoms with Gasteiger partial charge in [-0.25, -0.2) is 0 Å². The third-order valence-corrected chi connectivity index (χ3v) is 5.07. The van der Waals surface area contributed by atoms with Crippen molar-refractivity contribution in [2.24, 2.45) is 5.92 Å². The molecule has 2 unspecified atom stereocenters. The van der Waals surface area contributed by atoms with Crippen molar-refractivity contribution in [3.05, 3.63) is 48.8 Å². The van der Waals surface area contributed by atoms with Gasteiger partial charge in [0.15, 0.2) is 5.75 Å². The number of hydrogen-bond donors (Lipinski definition) is 2. The fraction of sp³-hybridized carbons (Fsp3) is 0.400. The van der Waals surface area contributed by atoms with E-state index in [2.05, 4.69) is 15.6 Å². The Kier molecular flexibility index (Phi) is 4.65. The van der Waals surface area contributed by atoms with Crippen LogP contribution in [0.5, 0.6) is 11.5 Å². The van der Waals surface area contributed by atoms with Gasteiger partial charge in [-0.15, -0.1) is 0 Å². The van der Waals surface area contributed by atoms with E-state index >= 15 is 0 Å². The number of para-hydroxylation sites is 1. The van der Waals surface area contributed by atoms with Crippen LogP contribution in [0, 0.1) is 5.92 Å². The van der Waals surface area contributed by atoms with Gasteiger partial charge < -0.3 is 15.4 Å². The summed E-state index contributed by atoms with van der Waals surface area (Å²) in [6.45, 7) is 0. The van der Waals surface area contributed by atoms with Crippen LogP contribution in [0.3, 0.4) is 0 Å². The van der Waals surface area contributed by atoms with Crippen LogP contribution < -0.4 is 15.4 Å². The molecule has 2 aliphatic rings. The summed E-state index contributed by atoms with van der Waals surface area (Å²) >= 11 is 0. The number of ether oxygens (including phenoxy) is 1. The number of piperidine rings is 1. The molecule has 5 heteroatoms. The van der Waals surface area contributed by atoms with Crippen LogP contribution in [0.4, 0.5) is 5.69 Å². The summed E-state index contributed by atoms with van der Waals surface area (Å²) in [6.07, 6.45) is 8.57. The van der Waals surface area contributed by atoms with Crippen LogP contribution in [-0.4, -0.2) is 23.0 Å². The maximum absolute atomic E-state index is 12.5. The maximum Gasteiger partial charge on any atom is 0.224 e. The zero-order valence-corrected chi connectivity index (χ0v) is 14.2. The lowest BCUT2D eigenvalue weighted by atomic mass is 9.89. The number of carbonyl (C=O) groups excluding carboxylic acids is 1. The number of amides is 1. The number of hydrogen-bond acceptors (Lipinski definition) is 4. The molecule has 3 heterocycles. The molecule has 2 atom stereocenters. The maximum atomic E-state index is 12.5. The lowest BCUT2D eigenvalue weighted by Crippen LogP contribution is -2.39. The molecule has 0 aliphatic carbocycles. The first-order valence-corrected chi connectivity index (χ1v) is 8.99. The summed E-state index contributed by atoms with van der Waals surface area (Å²) in [5.74, 6) is 1.85. The van der Waals surface area contributed by atoms with Gasteiger partial charge in [0.25, 0.3) is 0 Å². The highest BCUT2D eigenvalue weighted by atomic mass is 16.5. The molecule has 0 radical (unpaired) electrons. The highest BCUT2D eigenvalue weighted by molar-refractivity contribution is 5.92. The third-order valence-electron chi connectivity index (χ3n) is 5.07. The molecule has 0 spiro atoms. The topological polar surface area (TPSA) is 63.2 Å². The Morgan fingerprint density at radius 3 is 2.68 bits per heavy atom. The molecule has 25 heavy (non-hydrogen) atoms. The van der Waals surface area contributed by atoms with Crippen LogP contribution in [0.15, 0.2) is 48.8 Å². The molecule has 2 bridgehead atoms. The highest BCUT2D eigenvalue weighted by Crippen LogP contribution is 2.33. The largest absolute Gasteiger partial charge is 0.455 e. The molecule has 1 aromatic heterocycles. The summed E-state index contributed by atoms with van der Waals surface area (Å²) in [5.41, 5.74) is 0.619. The van der Waals surface area contributed by atoms with Crippen molar-refractivity contribution in [2.45, 2.75) is 44.2 Å². The van der Waals surface area contributed by atoms with Gasteiger partial charge in [-0.1, -0.05) is 18.2 Å². The summed E-state index contributed by atoms with van der Waals surface area (Å²) in [6, 6.07) is 12.5. The molecule has 2 saturated heterocycles. The number of anilines is 1. The van der Waals surface area contributed by atoms with E-state index in [-0.39, 0.29) is 5.91 Å². The normalized spacial score (nSPS) is 24.7. The second kappa shape index (κ2) is 7.23. The molecule has 4 rings (SSSR count). The summed E-state index contributed by atoms with van der Waals surface area (Å²) in [5, 5.41) is 6.60. The van der Waals surface area contributed by atoms with Crippen LogP contribution in [0.2, 0.25) is 0 Å². The molecule has 0 saturated carbocycles. The Hall–Kier alpha value is -2.40. The average Bonchev–Trinajstić information content (AvgIpc) is 2.96. The Bertz CT molecular complexity index is 723. The highest BCUT2D eigenvalue weighted by Gasteiger charge is 2.34. The molecular formula is C20H23N3O2. The molecule has 2 fully saturated rings. The minimum Gasteiger partial charge on any atom is -0.455 e. The van der Waals surface area contributed by atoms with E-state index < -0.39 is 0 Å². The molecule has 130 valence electrons. The fourth-order valence-electron chi connectivity index (χ4n) is 3.99. The second-order valence-corrected chi connectivity index (χ2v) is 7.01. The third kappa shape index (κ3) is 3.99. The van der Waals surface area contributed by atoms with Gasteiger partial charge in [0.2, 0.25) is 5.91 Å². The van der Waals surface area contributed by atoms with Gasteiger partial charge in [-0.3, -0.25) is 9.78 Å². The quantitative estimate of drug-likeness (QED) is 0.872. The standard InChI is InChI=1S/C20H23N3O2/c24-20(12-14-10-15-6-7-16(11-14)22-15)23-18-13-21-9-8-19(18)25-17-4-2-1-3-5-17/h1-5,8-9,13-16,22H,6-7,10-12H2,(H,23,24). The van der Waals surface area contributed by atoms with Gasteiger partial charge in [-0.05, 0) is 43.7 Å². The van der Waals surface area contributed by atoms with E-state index in [1.807, 2.05) is 30.3 Å². The first kappa shape index (κ1) is 16.1. The molecule has 2 aromatic rings. The van der Waals surface area contributed by atoms with Crippen molar-refractivity contribution >= 4 is 11.6 Å². The zero-order valence-electron chi connectivity index (χ0n) is 14.2. The number of fused-ring (bicyclic) bond motifs is 2. The van der Waals surface area contributed by atoms with Crippen LogP contribution in [0.25, 0.3) is 0 Å². The predicted molar refractivity (Wildman–Crippen MR) is 96.7 cm³/mol. The molecule has 1 amide bonds. The summed E-state index contributed by atoms with van der Waals surface area (Å²) < 4.78 is 5.88. The van der Waals surface area contributed by atoms with E-state index in [1.54, 1.807) is 18.5 Å². The molecule has 2 aliphatic heterocycles. The van der Waals surface area contributed by atoms with Gasteiger partial charge in [0.05, 0.1) is 6.20 Å². The van der Waals surface area contributed by atoms with Gasteiger partial charge in [0.1, 0.15) is 11.4 Å². The van der Waals surface area contributed by atoms with E-state index in [1.165, 1.54) is 12.8 Å². The van der Waals surface area contributed by atoms with Crippen molar-refractivity contribution in [1.29, 1.82) is 0 Å². The van der Waals surface area contributed by atoms with E-state index in [0.717, 1.165) is 18.6 Å². The molecule has 2 N–H and O–H groups in total. The second-order valence-electron chi connectivity index (χ2n) is 7.01. The van der Waals surface area contributed by atoms with E-state index in [9.17, 15) is 4.79 Å². The Morgan fingerprint density at radius 2 is 1.92 bits per heavy atom. The van der Waals surface area contributed by atoms with Crippen molar-refractivity contribution in [1.82, 2.24) is 10.3 Å². The van der Waals surface area contributed by atoms with Crippen LogP contribution >= 0.6 is 0 Å². The lowest BCUT2D eigenvalue weighted by molar-refractivity contribution is -0.117. The van der Waals surface area contributed by atoms with Crippen molar-refractivity contribution < 1.29 is 9.53 Å². The van der Waals surface area contributed by atoms with Gasteiger partial charge in [-0.2, -0.15) is 0 Å². The number of benzene rings is 1. The first-order chi connectivity index (χ1) is 12.3. The van der Waals surface area contributed by atoms with Crippen molar-refractivity contribution in [3.8, 4) is 11.5 Å². The first-order valence-electron chi connectivity index (χ1n) is 8.99. The molecule has 1 aromatic carbocycles. The minimum atomic E-state index is 0.0391. The number of aromatic nitrogens is 1. The number of pyridine rings is 1. The summed E-state index contributed by atoms with van der Waals surface area (Å²) in [7, 11) is 0. The Balaban J connectivity index is 1.39. The van der Waals surface area contributed by atoms with E-state index in [4.69, 9.17) is 4.74 Å².